The number of nitrogens with zero attached hydrogens (tertiary/aromatic N) is 3. The van der Waals surface area contributed by atoms with E-state index in [2.05, 4.69) is 10.6 Å². The van der Waals surface area contributed by atoms with Crippen molar-refractivity contribution in [2.45, 2.75) is 62.9 Å². The number of aliphatic hydroxyl groups is 1. The van der Waals surface area contributed by atoms with Gasteiger partial charge in [0.2, 0.25) is 23.6 Å². The van der Waals surface area contributed by atoms with Crippen LogP contribution in [0, 0.1) is 5.92 Å². The van der Waals surface area contributed by atoms with Crippen molar-refractivity contribution in [3.05, 3.63) is 35.9 Å². The summed E-state index contributed by atoms with van der Waals surface area (Å²) in [5.41, 5.74) is 0.442. The van der Waals surface area contributed by atoms with Gasteiger partial charge in [0.1, 0.15) is 12.1 Å². The molecule has 4 saturated heterocycles. The van der Waals surface area contributed by atoms with Gasteiger partial charge in [0.05, 0.1) is 6.04 Å². The molecule has 1 aromatic rings. The molecule has 0 aliphatic carbocycles. The zero-order valence-corrected chi connectivity index (χ0v) is 20.8. The maximum Gasteiger partial charge on any atom is 0.256 e. The smallest absolute Gasteiger partial charge is 0.256 e. The van der Waals surface area contributed by atoms with Crippen LogP contribution in [0.1, 0.15) is 44.3 Å². The number of amides is 5. The average Bonchev–Trinajstić information content (AvgIpc) is 3.50. The highest BCUT2D eigenvalue weighted by Crippen LogP contribution is 2.31. The zero-order valence-electron chi connectivity index (χ0n) is 20.8. The summed E-state index contributed by atoms with van der Waals surface area (Å²) >= 11 is 0. The second-order valence-corrected chi connectivity index (χ2v) is 10.4. The maximum atomic E-state index is 13.7. The number of benzene rings is 1. The normalized spacial score (nSPS) is 28.8. The van der Waals surface area contributed by atoms with Gasteiger partial charge in [-0.1, -0.05) is 30.3 Å². The first-order valence-electron chi connectivity index (χ1n) is 12.9. The van der Waals surface area contributed by atoms with Gasteiger partial charge in [-0.25, -0.2) is 0 Å². The highest BCUT2D eigenvalue weighted by Gasteiger charge is 2.53. The lowest BCUT2D eigenvalue weighted by Crippen LogP contribution is -2.53. The van der Waals surface area contributed by atoms with Crippen LogP contribution in [0.15, 0.2) is 30.3 Å². The largest absolute Gasteiger partial charge is 0.378 e. The summed E-state index contributed by atoms with van der Waals surface area (Å²) in [6, 6.07) is 6.03. The summed E-state index contributed by atoms with van der Waals surface area (Å²) in [4.78, 5) is 68.9. The molecule has 11 nitrogen and oxygen atoms in total. The molecule has 5 atom stereocenters. The third kappa shape index (κ3) is 4.79. The van der Waals surface area contributed by atoms with Crippen LogP contribution in [0.5, 0.6) is 0 Å². The Morgan fingerprint density at radius 1 is 1.05 bits per heavy atom. The van der Waals surface area contributed by atoms with Gasteiger partial charge in [-0.3, -0.25) is 24.0 Å². The summed E-state index contributed by atoms with van der Waals surface area (Å²) in [7, 11) is 0. The first-order chi connectivity index (χ1) is 17.7. The number of carbonyl (C=O) groups is 5. The van der Waals surface area contributed by atoms with Crippen LogP contribution < -0.4 is 10.6 Å². The molecule has 198 valence electrons. The first-order valence-corrected chi connectivity index (χ1v) is 12.9. The van der Waals surface area contributed by atoms with E-state index in [1.165, 1.54) is 16.7 Å². The Morgan fingerprint density at radius 2 is 1.76 bits per heavy atom. The number of nitrogens with one attached hydrogen (secondary N) is 2. The van der Waals surface area contributed by atoms with Crippen molar-refractivity contribution in [1.82, 2.24) is 25.3 Å². The highest BCUT2D eigenvalue weighted by molar-refractivity contribution is 5.97. The molecular weight excluding hydrogens is 478 g/mol. The van der Waals surface area contributed by atoms with Crippen LogP contribution in [-0.4, -0.2) is 99.7 Å². The molecule has 0 spiro atoms. The second-order valence-electron chi connectivity index (χ2n) is 10.4. The molecule has 0 radical (unpaired) electrons. The van der Waals surface area contributed by atoms with E-state index < -0.39 is 30.1 Å². The van der Waals surface area contributed by atoms with Gasteiger partial charge in [-0.15, -0.1) is 0 Å². The lowest BCUT2D eigenvalue weighted by atomic mass is 9.95. The van der Waals surface area contributed by atoms with Gasteiger partial charge < -0.3 is 30.4 Å². The molecule has 4 aliphatic heterocycles. The van der Waals surface area contributed by atoms with Gasteiger partial charge in [0.15, 0.2) is 6.10 Å². The van der Waals surface area contributed by atoms with E-state index in [1.54, 1.807) is 35.2 Å². The third-order valence-electron chi connectivity index (χ3n) is 8.16. The Bertz CT molecular complexity index is 1090. The standard InChI is InChI=1S/C26H33N5O6/c1-15(32)29-10-7-17(8-11-29)23(34)27-18-13-20-24(35)28-19-9-12-30(21(19)25(36)31(20)14-18)26(37)22(33)16-5-3-2-4-6-16/h2-6,17-22,33H,7-14H2,1H3,(H,27,34)(H,28,35). The van der Waals surface area contributed by atoms with E-state index in [9.17, 15) is 29.1 Å². The molecule has 5 unspecified atom stereocenters. The fraction of sp³-hybridized carbons (Fsp3) is 0.577. The third-order valence-corrected chi connectivity index (χ3v) is 8.16. The van der Waals surface area contributed by atoms with Gasteiger partial charge in [-0.2, -0.15) is 0 Å². The highest BCUT2D eigenvalue weighted by atomic mass is 16.3. The number of fused-ring (bicyclic) bond motifs is 2. The lowest BCUT2D eigenvalue weighted by Gasteiger charge is -2.31. The Balaban J connectivity index is 1.25. The van der Waals surface area contributed by atoms with Crippen molar-refractivity contribution in [3.63, 3.8) is 0 Å². The molecule has 37 heavy (non-hydrogen) atoms. The summed E-state index contributed by atoms with van der Waals surface area (Å²) in [5.74, 6) is -1.54. The first kappa shape index (κ1) is 25.2. The summed E-state index contributed by atoms with van der Waals surface area (Å²) < 4.78 is 0. The molecule has 3 N–H and O–H groups in total. The number of aliphatic hydroxyl groups excluding tert-OH is 1. The van der Waals surface area contributed by atoms with Crippen molar-refractivity contribution < 1.29 is 29.1 Å². The van der Waals surface area contributed by atoms with Crippen molar-refractivity contribution in [2.24, 2.45) is 5.92 Å². The number of hydrogen-bond acceptors (Lipinski definition) is 6. The Hall–Kier alpha value is -3.47. The van der Waals surface area contributed by atoms with Gasteiger partial charge in [-0.05, 0) is 31.2 Å². The molecular formula is C26H33N5O6. The van der Waals surface area contributed by atoms with E-state index in [0.717, 1.165) is 0 Å². The minimum atomic E-state index is -1.40. The molecule has 11 heteroatoms. The monoisotopic (exact) mass is 511 g/mol. The lowest BCUT2D eigenvalue weighted by molar-refractivity contribution is -0.149. The molecule has 4 fully saturated rings. The molecule has 4 heterocycles. The molecule has 4 aliphatic rings. The molecule has 0 bridgehead atoms. The summed E-state index contributed by atoms with van der Waals surface area (Å²) in [6.07, 6.45) is 0.484. The maximum absolute atomic E-state index is 13.7. The summed E-state index contributed by atoms with van der Waals surface area (Å²) in [5, 5.41) is 16.6. The van der Waals surface area contributed by atoms with Gasteiger partial charge in [0, 0.05) is 45.1 Å². The molecule has 0 aromatic heterocycles. The Kier molecular flexibility index (Phi) is 6.89. The topological polar surface area (TPSA) is 139 Å². The van der Waals surface area contributed by atoms with E-state index in [-0.39, 0.29) is 48.7 Å². The van der Waals surface area contributed by atoms with Gasteiger partial charge in [0.25, 0.3) is 5.91 Å². The number of likely N-dealkylation sites (tertiary alicyclic amines) is 2. The minimum Gasteiger partial charge on any atom is -0.378 e. The number of carbonyl (C=O) groups excluding carboxylic acids is 5. The average molecular weight is 512 g/mol. The van der Waals surface area contributed by atoms with Crippen LogP contribution in [0.4, 0.5) is 0 Å². The zero-order chi connectivity index (χ0) is 26.3. The van der Waals surface area contributed by atoms with Crippen LogP contribution in [-0.2, 0) is 24.0 Å². The molecule has 0 saturated carbocycles. The van der Waals surface area contributed by atoms with E-state index in [1.807, 2.05) is 0 Å². The van der Waals surface area contributed by atoms with Crippen molar-refractivity contribution in [3.8, 4) is 0 Å². The van der Waals surface area contributed by atoms with Crippen molar-refractivity contribution >= 4 is 29.5 Å². The van der Waals surface area contributed by atoms with Crippen molar-refractivity contribution in [1.29, 1.82) is 0 Å². The minimum absolute atomic E-state index is 0.00106. The molecule has 5 amide bonds. The number of piperidine rings is 1. The summed E-state index contributed by atoms with van der Waals surface area (Å²) in [6.45, 7) is 3.03. The van der Waals surface area contributed by atoms with Crippen LogP contribution in [0.2, 0.25) is 0 Å². The predicted octanol–water partition coefficient (Wildman–Crippen LogP) is -0.836. The van der Waals surface area contributed by atoms with Gasteiger partial charge >= 0.3 is 0 Å². The fourth-order valence-corrected chi connectivity index (χ4v) is 6.09. The Labute approximate surface area is 215 Å². The Morgan fingerprint density at radius 3 is 2.43 bits per heavy atom. The van der Waals surface area contributed by atoms with Crippen LogP contribution >= 0.6 is 0 Å². The van der Waals surface area contributed by atoms with Crippen molar-refractivity contribution in [2.75, 3.05) is 26.2 Å². The number of hydrogen-bond donors (Lipinski definition) is 3. The second kappa shape index (κ2) is 10.1. The van der Waals surface area contributed by atoms with Crippen LogP contribution in [0.25, 0.3) is 0 Å². The van der Waals surface area contributed by atoms with E-state index in [0.29, 0.717) is 44.3 Å². The van der Waals surface area contributed by atoms with Crippen LogP contribution in [0.3, 0.4) is 0 Å². The number of rotatable bonds is 4. The molecule has 1 aromatic carbocycles. The SMILES string of the molecule is CC(=O)N1CCC(C(=O)NC2CC3C(=O)NC4CCN(C(=O)C(O)c5ccccc5)C4C(=O)N3C2)CC1. The van der Waals surface area contributed by atoms with E-state index >= 15 is 0 Å². The van der Waals surface area contributed by atoms with E-state index in [4.69, 9.17) is 0 Å². The molecule has 5 rings (SSSR count). The predicted molar refractivity (Wildman–Crippen MR) is 130 cm³/mol. The quantitative estimate of drug-likeness (QED) is 0.482. The fourth-order valence-electron chi connectivity index (χ4n) is 6.09.